The lowest BCUT2D eigenvalue weighted by Gasteiger charge is -2.37. The van der Waals surface area contributed by atoms with E-state index < -0.39 is 5.60 Å². The molecule has 1 saturated carbocycles. The minimum Gasteiger partial charge on any atom is -0.494 e. The molecule has 4 nitrogen and oxygen atoms in total. The molecule has 1 aromatic heterocycles. The number of thiazole rings is 1. The summed E-state index contributed by atoms with van der Waals surface area (Å²) in [4.78, 5) is 8.24. The standard InChI is InChI=1S/C27H34N2O2S/c1-29(18-11-19-31-24-16-9-4-10-17-24)21-25-20-28-26(32-25)27(30,22-12-5-2-6-13-22)23-14-7-3-8-15-23/h2,4-6,9-10,12-13,16-17,20,23,30H,3,7-8,11,14-15,18-19,21H2,1H3. The molecule has 0 radical (unpaired) electrons. The number of hydrogen-bond donors (Lipinski definition) is 1. The van der Waals surface area contributed by atoms with Gasteiger partial charge < -0.3 is 14.7 Å². The van der Waals surface area contributed by atoms with E-state index in [1.165, 1.54) is 24.1 Å². The summed E-state index contributed by atoms with van der Waals surface area (Å²) in [6, 6.07) is 20.1. The smallest absolute Gasteiger partial charge is 0.144 e. The van der Waals surface area contributed by atoms with Crippen LogP contribution in [0.3, 0.4) is 0 Å². The quantitative estimate of drug-likeness (QED) is 0.393. The highest BCUT2D eigenvalue weighted by atomic mass is 32.1. The van der Waals surface area contributed by atoms with Gasteiger partial charge in [0.05, 0.1) is 6.61 Å². The van der Waals surface area contributed by atoms with Crippen molar-refractivity contribution in [2.45, 2.75) is 50.7 Å². The summed E-state index contributed by atoms with van der Waals surface area (Å²) < 4.78 is 5.80. The Labute approximate surface area is 195 Å². The van der Waals surface area contributed by atoms with Crippen LogP contribution in [0, 0.1) is 5.92 Å². The van der Waals surface area contributed by atoms with E-state index in [2.05, 4.69) is 24.1 Å². The van der Waals surface area contributed by atoms with Crippen molar-refractivity contribution in [2.75, 3.05) is 20.2 Å². The number of ether oxygens (including phenoxy) is 1. The summed E-state index contributed by atoms with van der Waals surface area (Å²) in [5.74, 6) is 1.15. The molecule has 2 aromatic carbocycles. The van der Waals surface area contributed by atoms with E-state index in [4.69, 9.17) is 9.72 Å². The topological polar surface area (TPSA) is 45.6 Å². The lowest BCUT2D eigenvalue weighted by molar-refractivity contribution is -0.000883. The second kappa shape index (κ2) is 11.1. The molecular weight excluding hydrogens is 416 g/mol. The lowest BCUT2D eigenvalue weighted by Crippen LogP contribution is -2.37. The Morgan fingerprint density at radius 1 is 1.03 bits per heavy atom. The molecule has 1 N–H and O–H groups in total. The number of benzene rings is 2. The molecule has 0 aliphatic heterocycles. The van der Waals surface area contributed by atoms with E-state index in [1.807, 2.05) is 54.7 Å². The minimum absolute atomic E-state index is 0.227. The Hall–Kier alpha value is -2.21. The van der Waals surface area contributed by atoms with Crippen LogP contribution in [0.5, 0.6) is 5.75 Å². The van der Waals surface area contributed by atoms with Crippen molar-refractivity contribution in [3.63, 3.8) is 0 Å². The highest BCUT2D eigenvalue weighted by Crippen LogP contribution is 2.45. The Balaban J connectivity index is 1.38. The Morgan fingerprint density at radius 3 is 2.44 bits per heavy atom. The van der Waals surface area contributed by atoms with Gasteiger partial charge in [-0.05, 0) is 49.9 Å². The Morgan fingerprint density at radius 2 is 1.72 bits per heavy atom. The van der Waals surface area contributed by atoms with Crippen LogP contribution in [-0.2, 0) is 12.1 Å². The van der Waals surface area contributed by atoms with E-state index >= 15 is 0 Å². The molecule has 0 saturated heterocycles. The number of aromatic nitrogens is 1. The molecule has 5 heteroatoms. The van der Waals surface area contributed by atoms with Crippen LogP contribution < -0.4 is 4.74 Å². The normalized spacial score (nSPS) is 16.7. The summed E-state index contributed by atoms with van der Waals surface area (Å²) in [6.45, 7) is 2.49. The van der Waals surface area contributed by atoms with Gasteiger partial charge in [0.15, 0.2) is 0 Å². The van der Waals surface area contributed by atoms with Gasteiger partial charge in [-0.2, -0.15) is 0 Å². The van der Waals surface area contributed by atoms with Gasteiger partial charge in [0.2, 0.25) is 0 Å². The second-order valence-electron chi connectivity index (χ2n) is 8.85. The van der Waals surface area contributed by atoms with Crippen molar-refractivity contribution in [3.05, 3.63) is 82.3 Å². The summed E-state index contributed by atoms with van der Waals surface area (Å²) in [7, 11) is 2.13. The SMILES string of the molecule is CN(CCCOc1ccccc1)Cc1cnc(C(O)(c2ccccc2)C2CCCCC2)s1. The molecule has 3 aromatic rings. The average Bonchev–Trinajstić information content (AvgIpc) is 3.32. The average molecular weight is 451 g/mol. The largest absolute Gasteiger partial charge is 0.494 e. The molecule has 1 atom stereocenters. The first kappa shape index (κ1) is 23.0. The van der Waals surface area contributed by atoms with Crippen molar-refractivity contribution >= 4 is 11.3 Å². The van der Waals surface area contributed by atoms with Crippen molar-refractivity contribution in [1.82, 2.24) is 9.88 Å². The summed E-state index contributed by atoms with van der Waals surface area (Å²) in [5, 5.41) is 12.9. The van der Waals surface area contributed by atoms with Gasteiger partial charge >= 0.3 is 0 Å². The van der Waals surface area contributed by atoms with Crippen molar-refractivity contribution in [2.24, 2.45) is 5.92 Å². The molecular formula is C27H34N2O2S. The predicted molar refractivity (Wildman–Crippen MR) is 131 cm³/mol. The lowest BCUT2D eigenvalue weighted by atomic mass is 9.73. The zero-order valence-corrected chi connectivity index (χ0v) is 19.8. The highest BCUT2D eigenvalue weighted by Gasteiger charge is 2.43. The van der Waals surface area contributed by atoms with E-state index in [1.54, 1.807) is 11.3 Å². The molecule has 32 heavy (non-hydrogen) atoms. The van der Waals surface area contributed by atoms with Gasteiger partial charge in [0.1, 0.15) is 16.4 Å². The molecule has 1 heterocycles. The zero-order valence-electron chi connectivity index (χ0n) is 19.0. The van der Waals surface area contributed by atoms with Gasteiger partial charge in [0, 0.05) is 24.2 Å². The van der Waals surface area contributed by atoms with Gasteiger partial charge in [-0.25, -0.2) is 4.98 Å². The predicted octanol–water partition coefficient (Wildman–Crippen LogP) is 5.86. The summed E-state index contributed by atoms with van der Waals surface area (Å²) in [6.07, 6.45) is 8.67. The second-order valence-corrected chi connectivity index (χ2v) is 9.97. The first-order chi connectivity index (χ1) is 15.7. The molecule has 1 unspecified atom stereocenters. The third kappa shape index (κ3) is 5.58. The van der Waals surface area contributed by atoms with E-state index in [0.29, 0.717) is 6.61 Å². The third-order valence-corrected chi connectivity index (χ3v) is 7.52. The number of para-hydroxylation sites is 1. The van der Waals surface area contributed by atoms with Crippen LogP contribution in [0.15, 0.2) is 66.9 Å². The zero-order chi connectivity index (χ0) is 22.2. The van der Waals surface area contributed by atoms with Gasteiger partial charge in [-0.3, -0.25) is 0 Å². The highest BCUT2D eigenvalue weighted by molar-refractivity contribution is 7.11. The monoisotopic (exact) mass is 450 g/mol. The number of nitrogens with zero attached hydrogens (tertiary/aromatic N) is 2. The van der Waals surface area contributed by atoms with Crippen LogP contribution in [0.1, 0.15) is 54.0 Å². The summed E-state index contributed by atoms with van der Waals surface area (Å²) >= 11 is 1.66. The molecule has 0 amide bonds. The number of aliphatic hydroxyl groups is 1. The first-order valence-electron chi connectivity index (χ1n) is 11.8. The molecule has 170 valence electrons. The fraction of sp³-hybridized carbons (Fsp3) is 0.444. The fourth-order valence-corrected chi connectivity index (χ4v) is 5.87. The Bertz CT molecular complexity index is 941. The maximum absolute atomic E-state index is 12.0. The van der Waals surface area contributed by atoms with Crippen LogP contribution in [-0.4, -0.2) is 35.2 Å². The van der Waals surface area contributed by atoms with Crippen molar-refractivity contribution < 1.29 is 9.84 Å². The molecule has 0 spiro atoms. The maximum Gasteiger partial charge on any atom is 0.144 e. The van der Waals surface area contributed by atoms with E-state index in [-0.39, 0.29) is 5.92 Å². The van der Waals surface area contributed by atoms with Crippen LogP contribution in [0.25, 0.3) is 0 Å². The van der Waals surface area contributed by atoms with Gasteiger partial charge in [-0.1, -0.05) is 67.8 Å². The van der Waals surface area contributed by atoms with Gasteiger partial charge in [0.25, 0.3) is 0 Å². The van der Waals surface area contributed by atoms with E-state index in [0.717, 1.165) is 48.7 Å². The van der Waals surface area contributed by atoms with Crippen molar-refractivity contribution in [3.8, 4) is 5.75 Å². The Kier molecular flexibility index (Phi) is 7.95. The molecule has 1 fully saturated rings. The van der Waals surface area contributed by atoms with Gasteiger partial charge in [-0.15, -0.1) is 11.3 Å². The van der Waals surface area contributed by atoms with Crippen LogP contribution in [0.4, 0.5) is 0 Å². The third-order valence-electron chi connectivity index (χ3n) is 6.41. The van der Waals surface area contributed by atoms with E-state index in [9.17, 15) is 5.11 Å². The minimum atomic E-state index is -0.993. The summed E-state index contributed by atoms with van der Waals surface area (Å²) in [5.41, 5.74) is -0.0219. The molecule has 1 aliphatic carbocycles. The maximum atomic E-state index is 12.0. The molecule has 1 aliphatic rings. The van der Waals surface area contributed by atoms with Crippen LogP contribution >= 0.6 is 11.3 Å². The first-order valence-corrected chi connectivity index (χ1v) is 12.6. The number of hydrogen-bond acceptors (Lipinski definition) is 5. The van der Waals surface area contributed by atoms with Crippen molar-refractivity contribution in [1.29, 1.82) is 0 Å². The van der Waals surface area contributed by atoms with Crippen LogP contribution in [0.2, 0.25) is 0 Å². The number of rotatable bonds is 10. The molecule has 4 rings (SSSR count). The fourth-order valence-electron chi connectivity index (χ4n) is 4.69. The molecule has 0 bridgehead atoms.